The van der Waals surface area contributed by atoms with E-state index in [2.05, 4.69) is 10.6 Å². The molecule has 1 aliphatic rings. The lowest BCUT2D eigenvalue weighted by Crippen LogP contribution is -2.42. The highest BCUT2D eigenvalue weighted by Gasteiger charge is 2.12. The van der Waals surface area contributed by atoms with Crippen molar-refractivity contribution in [2.24, 2.45) is 5.73 Å². The minimum atomic E-state index is -0.315. The van der Waals surface area contributed by atoms with Crippen molar-refractivity contribution >= 4 is 11.8 Å². The van der Waals surface area contributed by atoms with Gasteiger partial charge in [-0.3, -0.25) is 9.59 Å². The van der Waals surface area contributed by atoms with Gasteiger partial charge in [0.15, 0.2) is 0 Å². The molecule has 5 nitrogen and oxygen atoms in total. The maximum absolute atomic E-state index is 11.2. The van der Waals surface area contributed by atoms with E-state index in [-0.39, 0.29) is 30.9 Å². The minimum absolute atomic E-state index is 0.00648. The highest BCUT2D eigenvalue weighted by atomic mass is 16.2. The van der Waals surface area contributed by atoms with Crippen LogP contribution in [0.1, 0.15) is 12.8 Å². The molecule has 4 N–H and O–H groups in total. The summed E-state index contributed by atoms with van der Waals surface area (Å²) >= 11 is 0. The Morgan fingerprint density at radius 3 is 2.50 bits per heavy atom. The standard InChI is InChI=1S/C9H15N3O2/c10-5-8(13)11-6-9(14)12-7-3-1-2-4-7/h1-2,7H,3-6,10H2,(H,11,13)(H,12,14). The van der Waals surface area contributed by atoms with Crippen LogP contribution in [0.5, 0.6) is 0 Å². The lowest BCUT2D eigenvalue weighted by molar-refractivity contribution is -0.125. The Morgan fingerprint density at radius 2 is 1.93 bits per heavy atom. The van der Waals surface area contributed by atoms with Crippen LogP contribution in [0.4, 0.5) is 0 Å². The largest absolute Gasteiger partial charge is 0.351 e. The molecule has 0 aromatic heterocycles. The summed E-state index contributed by atoms with van der Waals surface area (Å²) in [5.41, 5.74) is 5.07. The average Bonchev–Trinajstić information content (AvgIpc) is 2.66. The summed E-state index contributed by atoms with van der Waals surface area (Å²) < 4.78 is 0. The van der Waals surface area contributed by atoms with Gasteiger partial charge in [-0.2, -0.15) is 0 Å². The molecule has 0 saturated carbocycles. The molecule has 0 aromatic rings. The van der Waals surface area contributed by atoms with Gasteiger partial charge in [-0.25, -0.2) is 0 Å². The van der Waals surface area contributed by atoms with E-state index in [0.717, 1.165) is 12.8 Å². The SMILES string of the molecule is NCC(=O)NCC(=O)NC1CC=CC1. The Balaban J connectivity index is 2.12. The number of amides is 2. The molecule has 0 aliphatic heterocycles. The fourth-order valence-electron chi connectivity index (χ4n) is 1.26. The molecule has 0 spiro atoms. The van der Waals surface area contributed by atoms with Crippen LogP contribution in [0, 0.1) is 0 Å². The third-order valence-electron chi connectivity index (χ3n) is 2.00. The first-order valence-electron chi connectivity index (χ1n) is 4.63. The molecule has 0 unspecified atom stereocenters. The van der Waals surface area contributed by atoms with Gasteiger partial charge in [0, 0.05) is 6.04 Å². The maximum atomic E-state index is 11.2. The quantitative estimate of drug-likeness (QED) is 0.500. The molecule has 0 heterocycles. The predicted molar refractivity (Wildman–Crippen MR) is 52.4 cm³/mol. The van der Waals surface area contributed by atoms with E-state index in [1.165, 1.54) is 0 Å². The normalized spacial score (nSPS) is 15.5. The molecule has 0 aromatic carbocycles. The van der Waals surface area contributed by atoms with Crippen LogP contribution in [0.2, 0.25) is 0 Å². The van der Waals surface area contributed by atoms with Gasteiger partial charge in [0.25, 0.3) is 0 Å². The van der Waals surface area contributed by atoms with Gasteiger partial charge in [-0.1, -0.05) is 12.2 Å². The monoisotopic (exact) mass is 197 g/mol. The van der Waals surface area contributed by atoms with Crippen molar-refractivity contribution in [2.45, 2.75) is 18.9 Å². The van der Waals surface area contributed by atoms with Gasteiger partial charge in [0.2, 0.25) is 11.8 Å². The molecule has 2 amide bonds. The number of hydrogen-bond acceptors (Lipinski definition) is 3. The summed E-state index contributed by atoms with van der Waals surface area (Å²) in [4.78, 5) is 21.9. The molecule has 0 bridgehead atoms. The van der Waals surface area contributed by atoms with E-state index in [9.17, 15) is 9.59 Å². The second kappa shape index (κ2) is 5.39. The first-order valence-corrected chi connectivity index (χ1v) is 4.63. The van der Waals surface area contributed by atoms with E-state index >= 15 is 0 Å². The highest BCUT2D eigenvalue weighted by Crippen LogP contribution is 2.08. The summed E-state index contributed by atoms with van der Waals surface area (Å²) in [5, 5.41) is 5.21. The maximum Gasteiger partial charge on any atom is 0.239 e. The number of carbonyl (C=O) groups excluding carboxylic acids is 2. The fourth-order valence-corrected chi connectivity index (χ4v) is 1.26. The first-order chi connectivity index (χ1) is 6.72. The molecule has 5 heteroatoms. The fraction of sp³-hybridized carbons (Fsp3) is 0.556. The lowest BCUT2D eigenvalue weighted by atomic mass is 10.2. The van der Waals surface area contributed by atoms with E-state index in [1.54, 1.807) is 0 Å². The van der Waals surface area contributed by atoms with E-state index < -0.39 is 0 Å². The Bertz CT molecular complexity index is 242. The molecule has 1 rings (SSSR count). The van der Waals surface area contributed by atoms with Crippen molar-refractivity contribution in [3.63, 3.8) is 0 Å². The zero-order valence-corrected chi connectivity index (χ0v) is 7.95. The summed E-state index contributed by atoms with van der Waals surface area (Å²) in [6.07, 6.45) is 5.81. The van der Waals surface area contributed by atoms with Gasteiger partial charge in [-0.15, -0.1) is 0 Å². The average molecular weight is 197 g/mol. The third-order valence-corrected chi connectivity index (χ3v) is 2.00. The number of nitrogens with one attached hydrogen (secondary N) is 2. The second-order valence-corrected chi connectivity index (χ2v) is 3.19. The molecule has 0 atom stereocenters. The molecule has 0 saturated heterocycles. The van der Waals surface area contributed by atoms with Crippen molar-refractivity contribution < 1.29 is 9.59 Å². The van der Waals surface area contributed by atoms with E-state index in [4.69, 9.17) is 5.73 Å². The van der Waals surface area contributed by atoms with Crippen LogP contribution in [-0.2, 0) is 9.59 Å². The summed E-state index contributed by atoms with van der Waals surface area (Å²) in [7, 11) is 0. The molecular formula is C9H15N3O2. The Labute approximate surface area is 82.7 Å². The van der Waals surface area contributed by atoms with Crippen molar-refractivity contribution in [3.05, 3.63) is 12.2 Å². The number of carbonyl (C=O) groups is 2. The number of rotatable bonds is 4. The van der Waals surface area contributed by atoms with Crippen molar-refractivity contribution in [1.82, 2.24) is 10.6 Å². The zero-order valence-electron chi connectivity index (χ0n) is 7.95. The Hall–Kier alpha value is -1.36. The predicted octanol–water partition coefficient (Wildman–Crippen LogP) is -1.10. The van der Waals surface area contributed by atoms with Gasteiger partial charge in [0.05, 0.1) is 13.1 Å². The topological polar surface area (TPSA) is 84.2 Å². The van der Waals surface area contributed by atoms with Crippen molar-refractivity contribution in [1.29, 1.82) is 0 Å². The van der Waals surface area contributed by atoms with Gasteiger partial charge < -0.3 is 16.4 Å². The number of nitrogens with two attached hydrogens (primary N) is 1. The summed E-state index contributed by atoms with van der Waals surface area (Å²) in [6, 6.07) is 0.192. The summed E-state index contributed by atoms with van der Waals surface area (Å²) in [5.74, 6) is -0.481. The van der Waals surface area contributed by atoms with Crippen LogP contribution in [0.25, 0.3) is 0 Å². The van der Waals surface area contributed by atoms with Crippen LogP contribution in [0.15, 0.2) is 12.2 Å². The van der Waals surface area contributed by atoms with Gasteiger partial charge >= 0.3 is 0 Å². The zero-order chi connectivity index (χ0) is 10.4. The molecular weight excluding hydrogens is 182 g/mol. The highest BCUT2D eigenvalue weighted by molar-refractivity contribution is 5.85. The van der Waals surface area contributed by atoms with Crippen molar-refractivity contribution in [2.75, 3.05) is 13.1 Å². The molecule has 1 aliphatic carbocycles. The Morgan fingerprint density at radius 1 is 1.29 bits per heavy atom. The summed E-state index contributed by atoms with van der Waals surface area (Å²) in [6.45, 7) is -0.0786. The molecule has 0 fully saturated rings. The molecule has 14 heavy (non-hydrogen) atoms. The Kier molecular flexibility index (Phi) is 4.12. The smallest absolute Gasteiger partial charge is 0.239 e. The second-order valence-electron chi connectivity index (χ2n) is 3.19. The van der Waals surface area contributed by atoms with Crippen LogP contribution in [-0.4, -0.2) is 30.9 Å². The van der Waals surface area contributed by atoms with Crippen LogP contribution < -0.4 is 16.4 Å². The molecule has 0 radical (unpaired) electrons. The van der Waals surface area contributed by atoms with Crippen LogP contribution in [0.3, 0.4) is 0 Å². The van der Waals surface area contributed by atoms with Crippen LogP contribution >= 0.6 is 0 Å². The first kappa shape index (κ1) is 10.7. The lowest BCUT2D eigenvalue weighted by Gasteiger charge is -2.11. The van der Waals surface area contributed by atoms with Gasteiger partial charge in [0.1, 0.15) is 0 Å². The van der Waals surface area contributed by atoms with Gasteiger partial charge in [-0.05, 0) is 12.8 Å². The minimum Gasteiger partial charge on any atom is -0.351 e. The van der Waals surface area contributed by atoms with E-state index in [0.29, 0.717) is 0 Å². The third kappa shape index (κ3) is 3.57. The molecule has 78 valence electrons. The number of hydrogen-bond donors (Lipinski definition) is 3. The van der Waals surface area contributed by atoms with E-state index in [1.807, 2.05) is 12.2 Å². The van der Waals surface area contributed by atoms with Crippen molar-refractivity contribution in [3.8, 4) is 0 Å².